The summed E-state index contributed by atoms with van der Waals surface area (Å²) in [6.45, 7) is 3.88. The van der Waals surface area contributed by atoms with Crippen molar-refractivity contribution in [1.29, 1.82) is 0 Å². The van der Waals surface area contributed by atoms with Gasteiger partial charge in [0.1, 0.15) is 11.6 Å². The predicted molar refractivity (Wildman–Crippen MR) is 80.4 cm³/mol. The quantitative estimate of drug-likeness (QED) is 0.803. The van der Waals surface area contributed by atoms with Crippen LogP contribution in [0.25, 0.3) is 11.1 Å². The van der Waals surface area contributed by atoms with Crippen LogP contribution in [0.2, 0.25) is 0 Å². The van der Waals surface area contributed by atoms with Crippen LogP contribution in [-0.4, -0.2) is 13.7 Å². The molecule has 0 atom stereocenters. The molecule has 2 rings (SSSR count). The van der Waals surface area contributed by atoms with Gasteiger partial charge in [0.05, 0.1) is 7.11 Å². The van der Waals surface area contributed by atoms with E-state index in [1.807, 2.05) is 12.1 Å². The van der Waals surface area contributed by atoms with Gasteiger partial charge in [-0.15, -0.1) is 0 Å². The third kappa shape index (κ3) is 3.58. The molecule has 0 spiro atoms. The summed E-state index contributed by atoms with van der Waals surface area (Å²) in [7, 11) is 1.68. The van der Waals surface area contributed by atoms with Crippen LogP contribution in [0.15, 0.2) is 42.5 Å². The summed E-state index contributed by atoms with van der Waals surface area (Å²) in [5, 5.41) is 3.37. The van der Waals surface area contributed by atoms with Crippen molar-refractivity contribution < 1.29 is 9.13 Å². The van der Waals surface area contributed by atoms with Crippen molar-refractivity contribution in [3.8, 4) is 16.9 Å². The zero-order valence-electron chi connectivity index (χ0n) is 11.9. The van der Waals surface area contributed by atoms with Gasteiger partial charge < -0.3 is 10.1 Å². The fourth-order valence-electron chi connectivity index (χ4n) is 2.14. The van der Waals surface area contributed by atoms with E-state index in [4.69, 9.17) is 4.74 Å². The Morgan fingerprint density at radius 1 is 1.05 bits per heavy atom. The molecule has 2 nitrogen and oxygen atoms in total. The molecular weight excluding hydrogens is 253 g/mol. The first-order valence-corrected chi connectivity index (χ1v) is 6.88. The summed E-state index contributed by atoms with van der Waals surface area (Å²) in [5.74, 6) is 0.659. The van der Waals surface area contributed by atoms with Crippen LogP contribution in [0, 0.1) is 5.82 Å². The summed E-state index contributed by atoms with van der Waals surface area (Å²) >= 11 is 0. The van der Waals surface area contributed by atoms with Gasteiger partial charge in [-0.3, -0.25) is 0 Å². The first-order valence-electron chi connectivity index (χ1n) is 6.88. The number of benzene rings is 2. The molecule has 20 heavy (non-hydrogen) atoms. The Balaban J connectivity index is 2.26. The van der Waals surface area contributed by atoms with Gasteiger partial charge in [0, 0.05) is 12.1 Å². The van der Waals surface area contributed by atoms with E-state index >= 15 is 0 Å². The molecule has 0 unspecified atom stereocenters. The van der Waals surface area contributed by atoms with Crippen LogP contribution in [0.3, 0.4) is 0 Å². The number of rotatable bonds is 6. The van der Waals surface area contributed by atoms with E-state index in [1.165, 1.54) is 12.1 Å². The molecule has 0 aromatic heterocycles. The van der Waals surface area contributed by atoms with Gasteiger partial charge in [-0.05, 0) is 48.4 Å². The van der Waals surface area contributed by atoms with Crippen molar-refractivity contribution in [2.45, 2.75) is 19.9 Å². The predicted octanol–water partition coefficient (Wildman–Crippen LogP) is 4.00. The molecule has 0 aliphatic heterocycles. The molecule has 0 aliphatic carbocycles. The summed E-state index contributed by atoms with van der Waals surface area (Å²) in [5.41, 5.74) is 3.19. The normalized spacial score (nSPS) is 10.6. The molecule has 0 fully saturated rings. The minimum atomic E-state index is -0.216. The van der Waals surface area contributed by atoms with Crippen molar-refractivity contribution >= 4 is 0 Å². The van der Waals surface area contributed by atoms with E-state index in [2.05, 4.69) is 18.3 Å². The van der Waals surface area contributed by atoms with Crippen LogP contribution in [0.5, 0.6) is 5.75 Å². The molecule has 0 radical (unpaired) electrons. The van der Waals surface area contributed by atoms with Gasteiger partial charge in [-0.2, -0.15) is 0 Å². The van der Waals surface area contributed by atoms with Crippen LogP contribution in [0.1, 0.15) is 18.9 Å². The number of hydrogen-bond acceptors (Lipinski definition) is 2. The maximum Gasteiger partial charge on any atom is 0.123 e. The second-order valence-electron chi connectivity index (χ2n) is 4.71. The first-order chi connectivity index (χ1) is 9.74. The third-order valence-corrected chi connectivity index (χ3v) is 3.20. The number of nitrogens with one attached hydrogen (secondary N) is 1. The molecule has 0 saturated heterocycles. The van der Waals surface area contributed by atoms with Crippen LogP contribution in [-0.2, 0) is 6.54 Å². The van der Waals surface area contributed by atoms with E-state index in [0.717, 1.165) is 42.0 Å². The zero-order chi connectivity index (χ0) is 14.4. The average molecular weight is 273 g/mol. The lowest BCUT2D eigenvalue weighted by Crippen LogP contribution is -2.14. The van der Waals surface area contributed by atoms with Gasteiger partial charge in [0.15, 0.2) is 0 Å². The first kappa shape index (κ1) is 14.5. The highest BCUT2D eigenvalue weighted by Crippen LogP contribution is 2.26. The highest BCUT2D eigenvalue weighted by Gasteiger charge is 2.06. The van der Waals surface area contributed by atoms with E-state index < -0.39 is 0 Å². The van der Waals surface area contributed by atoms with E-state index in [9.17, 15) is 4.39 Å². The zero-order valence-corrected chi connectivity index (χ0v) is 11.9. The molecule has 106 valence electrons. The lowest BCUT2D eigenvalue weighted by atomic mass is 10.0. The molecule has 0 bridgehead atoms. The van der Waals surface area contributed by atoms with E-state index in [0.29, 0.717) is 0 Å². The van der Waals surface area contributed by atoms with Gasteiger partial charge >= 0.3 is 0 Å². The Morgan fingerprint density at radius 3 is 2.40 bits per heavy atom. The Morgan fingerprint density at radius 2 is 1.75 bits per heavy atom. The molecule has 0 saturated carbocycles. The van der Waals surface area contributed by atoms with E-state index in [-0.39, 0.29) is 5.82 Å². The fraction of sp³-hybridized carbons (Fsp3) is 0.294. The molecule has 3 heteroatoms. The van der Waals surface area contributed by atoms with Crippen molar-refractivity contribution in [2.24, 2.45) is 0 Å². The lowest BCUT2D eigenvalue weighted by molar-refractivity contribution is 0.408. The Hall–Kier alpha value is -1.87. The monoisotopic (exact) mass is 273 g/mol. The largest absolute Gasteiger partial charge is 0.496 e. The molecule has 0 amide bonds. The standard InChI is InChI=1S/C17H20FNO/c1-3-10-19-12-15-11-14(6-9-17(15)20-2)13-4-7-16(18)8-5-13/h4-9,11,19H,3,10,12H2,1-2H3. The summed E-state index contributed by atoms with van der Waals surface area (Å²) in [4.78, 5) is 0. The fourth-order valence-corrected chi connectivity index (χ4v) is 2.14. The molecule has 0 heterocycles. The Kier molecular flexibility index (Phi) is 5.13. The van der Waals surface area contributed by atoms with Crippen LogP contribution in [0.4, 0.5) is 4.39 Å². The highest BCUT2D eigenvalue weighted by molar-refractivity contribution is 5.65. The van der Waals surface area contributed by atoms with Crippen molar-refractivity contribution in [3.05, 3.63) is 53.8 Å². The maximum atomic E-state index is 13.0. The highest BCUT2D eigenvalue weighted by atomic mass is 19.1. The van der Waals surface area contributed by atoms with Crippen molar-refractivity contribution in [3.63, 3.8) is 0 Å². The number of hydrogen-bond donors (Lipinski definition) is 1. The minimum absolute atomic E-state index is 0.216. The molecular formula is C17H20FNO. The number of halogens is 1. The smallest absolute Gasteiger partial charge is 0.123 e. The minimum Gasteiger partial charge on any atom is -0.496 e. The lowest BCUT2D eigenvalue weighted by Gasteiger charge is -2.12. The maximum absolute atomic E-state index is 13.0. The Bertz CT molecular complexity index is 551. The number of ether oxygens (including phenoxy) is 1. The van der Waals surface area contributed by atoms with Gasteiger partial charge in [0.2, 0.25) is 0 Å². The summed E-state index contributed by atoms with van der Waals surface area (Å²) in [6, 6.07) is 12.6. The molecule has 2 aromatic rings. The third-order valence-electron chi connectivity index (χ3n) is 3.20. The summed E-state index contributed by atoms with van der Waals surface area (Å²) < 4.78 is 18.4. The van der Waals surface area contributed by atoms with E-state index in [1.54, 1.807) is 19.2 Å². The van der Waals surface area contributed by atoms with Crippen molar-refractivity contribution in [2.75, 3.05) is 13.7 Å². The average Bonchev–Trinajstić information content (AvgIpc) is 2.48. The Labute approximate surface area is 119 Å². The topological polar surface area (TPSA) is 21.3 Å². The second-order valence-corrected chi connectivity index (χ2v) is 4.71. The van der Waals surface area contributed by atoms with Crippen LogP contribution < -0.4 is 10.1 Å². The number of methoxy groups -OCH3 is 1. The second kappa shape index (κ2) is 7.06. The SMILES string of the molecule is CCCNCc1cc(-c2ccc(F)cc2)ccc1OC. The summed E-state index contributed by atoms with van der Waals surface area (Å²) in [6.07, 6.45) is 1.10. The van der Waals surface area contributed by atoms with Gasteiger partial charge in [-0.1, -0.05) is 25.1 Å². The van der Waals surface area contributed by atoms with Gasteiger partial charge in [-0.25, -0.2) is 4.39 Å². The van der Waals surface area contributed by atoms with Gasteiger partial charge in [0.25, 0.3) is 0 Å². The molecule has 2 aromatic carbocycles. The molecule has 1 N–H and O–H groups in total. The van der Waals surface area contributed by atoms with Crippen LogP contribution >= 0.6 is 0 Å². The molecule has 0 aliphatic rings. The van der Waals surface area contributed by atoms with Crippen molar-refractivity contribution in [1.82, 2.24) is 5.32 Å².